The molecule has 0 saturated carbocycles. The Bertz CT molecular complexity index is 2330. The first kappa shape index (κ1) is 23.3. The van der Waals surface area contributed by atoms with Gasteiger partial charge in [0.2, 0.25) is 0 Å². The zero-order valence-corrected chi connectivity index (χ0v) is 23.0. The molecule has 9 rings (SSSR count). The molecule has 0 fully saturated rings. The number of benzene rings is 9. The minimum absolute atomic E-state index is 1.24. The molecular formula is C42H26. The van der Waals surface area contributed by atoms with Gasteiger partial charge in [0.15, 0.2) is 0 Å². The van der Waals surface area contributed by atoms with Gasteiger partial charge in [0.05, 0.1) is 0 Å². The Hall–Kier alpha value is -5.46. The number of hydrogen-bond acceptors (Lipinski definition) is 0. The lowest BCUT2D eigenvalue weighted by molar-refractivity contribution is 1.66. The van der Waals surface area contributed by atoms with Gasteiger partial charge in [0.1, 0.15) is 0 Å². The van der Waals surface area contributed by atoms with Crippen LogP contribution in [0.3, 0.4) is 0 Å². The van der Waals surface area contributed by atoms with Crippen molar-refractivity contribution in [2.75, 3.05) is 0 Å². The van der Waals surface area contributed by atoms with E-state index in [0.29, 0.717) is 0 Å². The third-order valence-electron chi connectivity index (χ3n) is 8.90. The van der Waals surface area contributed by atoms with Crippen molar-refractivity contribution in [2.24, 2.45) is 0 Å². The predicted octanol–water partition coefficient (Wildman–Crippen LogP) is 11.9. The SMILES string of the molecule is c1cc(-c2c3ccccc3cc3cc4ccccc4cc23)cc(-c2c3ccccc3cc3cc4ccccc4cc23)c1. The molecule has 0 heterocycles. The van der Waals surface area contributed by atoms with Gasteiger partial charge in [-0.1, -0.05) is 115 Å². The molecule has 9 aromatic rings. The van der Waals surface area contributed by atoms with E-state index in [4.69, 9.17) is 0 Å². The van der Waals surface area contributed by atoms with Gasteiger partial charge < -0.3 is 0 Å². The summed E-state index contributed by atoms with van der Waals surface area (Å²) in [6.07, 6.45) is 0. The van der Waals surface area contributed by atoms with Crippen LogP contribution in [0.25, 0.3) is 86.9 Å². The summed E-state index contributed by atoms with van der Waals surface area (Å²) >= 11 is 0. The lowest BCUT2D eigenvalue weighted by atomic mass is 9.87. The summed E-state index contributed by atoms with van der Waals surface area (Å²) in [4.78, 5) is 0. The molecule has 0 unspecified atom stereocenters. The van der Waals surface area contributed by atoms with Crippen molar-refractivity contribution in [2.45, 2.75) is 0 Å². The van der Waals surface area contributed by atoms with E-state index < -0.39 is 0 Å². The first-order valence-corrected chi connectivity index (χ1v) is 14.6. The van der Waals surface area contributed by atoms with Crippen molar-refractivity contribution in [1.29, 1.82) is 0 Å². The average molecular weight is 531 g/mol. The minimum atomic E-state index is 1.24. The smallest absolute Gasteiger partial charge is 0.00264 e. The Kier molecular flexibility index (Phi) is 5.00. The van der Waals surface area contributed by atoms with E-state index in [-0.39, 0.29) is 0 Å². The maximum atomic E-state index is 2.41. The molecule has 0 amide bonds. The third kappa shape index (κ3) is 3.56. The second-order valence-corrected chi connectivity index (χ2v) is 11.4. The molecule has 0 radical (unpaired) electrons. The lowest BCUT2D eigenvalue weighted by Crippen LogP contribution is -1.89. The summed E-state index contributed by atoms with van der Waals surface area (Å²) < 4.78 is 0. The fourth-order valence-electron chi connectivity index (χ4n) is 6.97. The maximum Gasteiger partial charge on any atom is -0.00264 e. The molecule has 0 aliphatic rings. The molecule has 0 aliphatic heterocycles. The van der Waals surface area contributed by atoms with Crippen molar-refractivity contribution < 1.29 is 0 Å². The molecule has 0 heteroatoms. The largest absolute Gasteiger partial charge is 0.0616 e. The molecule has 194 valence electrons. The fourth-order valence-corrected chi connectivity index (χ4v) is 6.97. The molecule has 0 saturated heterocycles. The van der Waals surface area contributed by atoms with Crippen molar-refractivity contribution in [3.8, 4) is 22.3 Å². The van der Waals surface area contributed by atoms with E-state index in [2.05, 4.69) is 158 Å². The number of fused-ring (bicyclic) bond motifs is 6. The number of rotatable bonds is 2. The van der Waals surface area contributed by atoms with Crippen molar-refractivity contribution in [1.82, 2.24) is 0 Å². The molecule has 0 aromatic heterocycles. The van der Waals surface area contributed by atoms with Gasteiger partial charge in [-0.25, -0.2) is 0 Å². The second-order valence-electron chi connectivity index (χ2n) is 11.4. The molecule has 0 atom stereocenters. The van der Waals surface area contributed by atoms with Gasteiger partial charge >= 0.3 is 0 Å². The summed E-state index contributed by atoms with van der Waals surface area (Å²) in [7, 11) is 0. The Morgan fingerprint density at radius 1 is 0.214 bits per heavy atom. The van der Waals surface area contributed by atoms with E-state index in [9.17, 15) is 0 Å². The van der Waals surface area contributed by atoms with Gasteiger partial charge in [-0.3, -0.25) is 0 Å². The van der Waals surface area contributed by atoms with Crippen LogP contribution in [0.1, 0.15) is 0 Å². The van der Waals surface area contributed by atoms with Crippen LogP contribution in [0.5, 0.6) is 0 Å². The summed E-state index contributed by atoms with van der Waals surface area (Å²) in [6.45, 7) is 0. The standard InChI is InChI=1S/C42H26/c1-3-12-29-25-39-35(20-27(29)10-1)22-31-14-5-7-18-37(31)41(39)33-16-9-17-34(24-33)42-38-19-8-6-15-32(38)23-36-21-28-11-2-4-13-30(28)26-40(36)42/h1-26H. The predicted molar refractivity (Wildman–Crippen MR) is 182 cm³/mol. The summed E-state index contributed by atoms with van der Waals surface area (Å²) in [6, 6.07) is 58.3. The normalized spacial score (nSPS) is 11.8. The molecule has 0 nitrogen and oxygen atoms in total. The summed E-state index contributed by atoms with van der Waals surface area (Å²) in [5.41, 5.74) is 5.08. The van der Waals surface area contributed by atoms with Crippen LogP contribution in [-0.4, -0.2) is 0 Å². The van der Waals surface area contributed by atoms with Gasteiger partial charge in [-0.2, -0.15) is 0 Å². The summed E-state index contributed by atoms with van der Waals surface area (Å²) in [5, 5.41) is 15.3. The lowest BCUT2D eigenvalue weighted by Gasteiger charge is -2.16. The highest BCUT2D eigenvalue weighted by Crippen LogP contribution is 2.42. The summed E-state index contributed by atoms with van der Waals surface area (Å²) in [5.74, 6) is 0. The first-order valence-electron chi connectivity index (χ1n) is 14.6. The zero-order valence-electron chi connectivity index (χ0n) is 23.0. The van der Waals surface area contributed by atoms with Gasteiger partial charge in [-0.05, 0) is 129 Å². The average Bonchev–Trinajstić information content (AvgIpc) is 3.04. The molecule has 0 spiro atoms. The van der Waals surface area contributed by atoms with E-state index in [1.165, 1.54) is 86.9 Å². The van der Waals surface area contributed by atoms with Crippen LogP contribution in [0, 0.1) is 0 Å². The highest BCUT2D eigenvalue weighted by Gasteiger charge is 2.15. The topological polar surface area (TPSA) is 0 Å². The highest BCUT2D eigenvalue weighted by atomic mass is 14.2. The quantitative estimate of drug-likeness (QED) is 0.195. The molecule has 0 N–H and O–H groups in total. The van der Waals surface area contributed by atoms with Crippen LogP contribution in [0.2, 0.25) is 0 Å². The third-order valence-corrected chi connectivity index (χ3v) is 8.90. The van der Waals surface area contributed by atoms with Crippen molar-refractivity contribution >= 4 is 64.6 Å². The van der Waals surface area contributed by atoms with E-state index in [1.807, 2.05) is 0 Å². The van der Waals surface area contributed by atoms with E-state index >= 15 is 0 Å². The molecule has 9 aromatic carbocycles. The van der Waals surface area contributed by atoms with Crippen molar-refractivity contribution in [3.63, 3.8) is 0 Å². The zero-order chi connectivity index (χ0) is 27.6. The Balaban J connectivity index is 1.38. The van der Waals surface area contributed by atoms with Crippen LogP contribution < -0.4 is 0 Å². The second kappa shape index (κ2) is 9.03. The molecule has 0 bridgehead atoms. The molecule has 0 aliphatic carbocycles. The molecular weight excluding hydrogens is 504 g/mol. The van der Waals surface area contributed by atoms with Crippen LogP contribution in [0.15, 0.2) is 158 Å². The monoisotopic (exact) mass is 530 g/mol. The minimum Gasteiger partial charge on any atom is -0.0616 e. The fraction of sp³-hybridized carbons (Fsp3) is 0. The Labute approximate surface area is 244 Å². The van der Waals surface area contributed by atoms with Crippen LogP contribution in [0.4, 0.5) is 0 Å². The highest BCUT2D eigenvalue weighted by molar-refractivity contribution is 6.18. The van der Waals surface area contributed by atoms with Gasteiger partial charge in [-0.15, -0.1) is 0 Å². The Morgan fingerprint density at radius 2 is 0.571 bits per heavy atom. The van der Waals surface area contributed by atoms with Gasteiger partial charge in [0.25, 0.3) is 0 Å². The van der Waals surface area contributed by atoms with Gasteiger partial charge in [0, 0.05) is 0 Å². The first-order chi connectivity index (χ1) is 20.8. The van der Waals surface area contributed by atoms with E-state index in [0.717, 1.165) is 0 Å². The van der Waals surface area contributed by atoms with E-state index in [1.54, 1.807) is 0 Å². The Morgan fingerprint density at radius 3 is 1.02 bits per heavy atom. The van der Waals surface area contributed by atoms with Crippen LogP contribution in [-0.2, 0) is 0 Å². The van der Waals surface area contributed by atoms with Crippen LogP contribution >= 0.6 is 0 Å². The molecule has 42 heavy (non-hydrogen) atoms. The number of hydrogen-bond donors (Lipinski definition) is 0. The van der Waals surface area contributed by atoms with Crippen molar-refractivity contribution in [3.05, 3.63) is 158 Å². The maximum absolute atomic E-state index is 2.41.